The highest BCUT2D eigenvalue weighted by molar-refractivity contribution is 5.19. The molecule has 0 aliphatic carbocycles. The fourth-order valence-corrected chi connectivity index (χ4v) is 1.54. The van der Waals surface area contributed by atoms with E-state index in [2.05, 4.69) is 15.3 Å². The van der Waals surface area contributed by atoms with Crippen molar-refractivity contribution in [2.45, 2.75) is 19.5 Å². The SMILES string of the molecule is C[C@@H](NCc1ncc[nH]1)c1cccc(F)c1. The lowest BCUT2D eigenvalue weighted by Gasteiger charge is -2.13. The molecule has 0 unspecified atom stereocenters. The van der Waals surface area contributed by atoms with Crippen molar-refractivity contribution in [2.75, 3.05) is 0 Å². The van der Waals surface area contributed by atoms with Crippen LogP contribution in [0.4, 0.5) is 4.39 Å². The van der Waals surface area contributed by atoms with Gasteiger partial charge in [0.05, 0.1) is 6.54 Å². The quantitative estimate of drug-likeness (QED) is 0.829. The maximum absolute atomic E-state index is 13.0. The third-order valence-corrected chi connectivity index (χ3v) is 2.48. The molecule has 84 valence electrons. The smallest absolute Gasteiger partial charge is 0.123 e. The van der Waals surface area contributed by atoms with Crippen LogP contribution in [0, 0.1) is 5.82 Å². The van der Waals surface area contributed by atoms with E-state index in [0.29, 0.717) is 6.54 Å². The van der Waals surface area contributed by atoms with Gasteiger partial charge in [-0.2, -0.15) is 0 Å². The van der Waals surface area contributed by atoms with E-state index in [1.165, 1.54) is 6.07 Å². The fraction of sp³-hybridized carbons (Fsp3) is 0.250. The topological polar surface area (TPSA) is 40.7 Å². The maximum Gasteiger partial charge on any atom is 0.123 e. The highest BCUT2D eigenvalue weighted by Gasteiger charge is 2.05. The van der Waals surface area contributed by atoms with Crippen molar-refractivity contribution in [1.82, 2.24) is 15.3 Å². The summed E-state index contributed by atoms with van der Waals surface area (Å²) in [5, 5.41) is 3.27. The number of nitrogens with one attached hydrogen (secondary N) is 2. The lowest BCUT2D eigenvalue weighted by molar-refractivity contribution is 0.554. The summed E-state index contributed by atoms with van der Waals surface area (Å²) in [5.74, 6) is 0.674. The van der Waals surface area contributed by atoms with Gasteiger partial charge in [0.1, 0.15) is 11.6 Å². The Morgan fingerprint density at radius 2 is 2.38 bits per heavy atom. The molecule has 0 radical (unpaired) electrons. The summed E-state index contributed by atoms with van der Waals surface area (Å²) < 4.78 is 13.0. The summed E-state index contributed by atoms with van der Waals surface area (Å²) in [6.07, 6.45) is 3.49. The molecular weight excluding hydrogens is 205 g/mol. The van der Waals surface area contributed by atoms with E-state index in [9.17, 15) is 4.39 Å². The van der Waals surface area contributed by atoms with Gasteiger partial charge in [0.25, 0.3) is 0 Å². The molecule has 0 aliphatic rings. The normalized spacial score (nSPS) is 12.6. The summed E-state index contributed by atoms with van der Waals surface area (Å²) in [5.41, 5.74) is 0.937. The summed E-state index contributed by atoms with van der Waals surface area (Å²) in [6, 6.07) is 6.71. The Balaban J connectivity index is 1.95. The minimum absolute atomic E-state index is 0.0980. The zero-order valence-corrected chi connectivity index (χ0v) is 9.07. The molecule has 2 N–H and O–H groups in total. The van der Waals surface area contributed by atoms with Crippen LogP contribution in [-0.2, 0) is 6.54 Å². The zero-order chi connectivity index (χ0) is 11.4. The second kappa shape index (κ2) is 4.90. The van der Waals surface area contributed by atoms with Crippen LogP contribution in [0.25, 0.3) is 0 Å². The number of hydrogen-bond acceptors (Lipinski definition) is 2. The molecule has 0 bridgehead atoms. The minimum Gasteiger partial charge on any atom is -0.348 e. The number of rotatable bonds is 4. The molecule has 1 aromatic heterocycles. The molecule has 0 saturated heterocycles. The third-order valence-electron chi connectivity index (χ3n) is 2.48. The summed E-state index contributed by atoms with van der Waals surface area (Å²) in [4.78, 5) is 7.11. The molecule has 0 fully saturated rings. The largest absolute Gasteiger partial charge is 0.348 e. The summed E-state index contributed by atoms with van der Waals surface area (Å²) >= 11 is 0. The predicted molar refractivity (Wildman–Crippen MR) is 60.2 cm³/mol. The molecule has 16 heavy (non-hydrogen) atoms. The Hall–Kier alpha value is -1.68. The first-order valence-electron chi connectivity index (χ1n) is 5.23. The Kier molecular flexibility index (Phi) is 3.31. The maximum atomic E-state index is 13.0. The molecule has 2 aromatic rings. The van der Waals surface area contributed by atoms with Crippen molar-refractivity contribution >= 4 is 0 Å². The van der Waals surface area contributed by atoms with E-state index in [-0.39, 0.29) is 11.9 Å². The van der Waals surface area contributed by atoms with Crippen molar-refractivity contribution in [1.29, 1.82) is 0 Å². The standard InChI is InChI=1S/C12H14FN3/c1-9(10-3-2-4-11(13)7-10)16-8-12-14-5-6-15-12/h2-7,9,16H,8H2,1H3,(H,14,15)/t9-/m1/s1. The average Bonchev–Trinajstić information content (AvgIpc) is 2.78. The van der Waals surface area contributed by atoms with E-state index < -0.39 is 0 Å². The van der Waals surface area contributed by atoms with E-state index in [1.54, 1.807) is 24.5 Å². The number of aromatic amines is 1. The second-order valence-electron chi connectivity index (χ2n) is 3.69. The predicted octanol–water partition coefficient (Wildman–Crippen LogP) is 2.40. The second-order valence-corrected chi connectivity index (χ2v) is 3.69. The lowest BCUT2D eigenvalue weighted by Crippen LogP contribution is -2.18. The first-order chi connectivity index (χ1) is 7.75. The highest BCUT2D eigenvalue weighted by atomic mass is 19.1. The molecular formula is C12H14FN3. The molecule has 1 atom stereocenters. The van der Waals surface area contributed by atoms with Gasteiger partial charge in [-0.15, -0.1) is 0 Å². The molecule has 4 heteroatoms. The van der Waals surface area contributed by atoms with Gasteiger partial charge >= 0.3 is 0 Å². The number of H-pyrrole nitrogens is 1. The van der Waals surface area contributed by atoms with Gasteiger partial charge in [0.2, 0.25) is 0 Å². The van der Waals surface area contributed by atoms with Crippen molar-refractivity contribution in [3.8, 4) is 0 Å². The molecule has 0 saturated carbocycles. The number of aromatic nitrogens is 2. The first-order valence-corrected chi connectivity index (χ1v) is 5.23. The van der Waals surface area contributed by atoms with Gasteiger partial charge in [-0.25, -0.2) is 9.37 Å². The Labute approximate surface area is 93.7 Å². The number of hydrogen-bond donors (Lipinski definition) is 2. The van der Waals surface area contributed by atoms with Crippen molar-refractivity contribution in [3.05, 3.63) is 53.9 Å². The molecule has 0 spiro atoms. The lowest BCUT2D eigenvalue weighted by atomic mass is 10.1. The van der Waals surface area contributed by atoms with E-state index in [1.807, 2.05) is 13.0 Å². The fourth-order valence-electron chi connectivity index (χ4n) is 1.54. The van der Waals surface area contributed by atoms with Crippen molar-refractivity contribution in [2.24, 2.45) is 0 Å². The molecule has 0 aliphatic heterocycles. The molecule has 0 amide bonds. The average molecular weight is 219 g/mol. The summed E-state index contributed by atoms with van der Waals surface area (Å²) in [7, 11) is 0. The first kappa shape index (κ1) is 10.8. The van der Waals surface area contributed by atoms with Crippen LogP contribution < -0.4 is 5.32 Å². The number of benzene rings is 1. The van der Waals surface area contributed by atoms with Gasteiger partial charge in [-0.1, -0.05) is 12.1 Å². The highest BCUT2D eigenvalue weighted by Crippen LogP contribution is 2.13. The van der Waals surface area contributed by atoms with Gasteiger partial charge in [-0.05, 0) is 24.6 Å². The number of halogens is 1. The molecule has 1 aromatic carbocycles. The third kappa shape index (κ3) is 2.67. The van der Waals surface area contributed by atoms with E-state index >= 15 is 0 Å². The molecule has 2 rings (SSSR count). The van der Waals surface area contributed by atoms with Crippen LogP contribution in [0.2, 0.25) is 0 Å². The van der Waals surface area contributed by atoms with Crippen molar-refractivity contribution < 1.29 is 4.39 Å². The Bertz CT molecular complexity index is 439. The van der Waals surface area contributed by atoms with Gasteiger partial charge < -0.3 is 10.3 Å². The van der Waals surface area contributed by atoms with E-state index in [4.69, 9.17) is 0 Å². The van der Waals surface area contributed by atoms with E-state index in [0.717, 1.165) is 11.4 Å². The van der Waals surface area contributed by atoms with Crippen molar-refractivity contribution in [3.63, 3.8) is 0 Å². The van der Waals surface area contributed by atoms with Crippen LogP contribution in [-0.4, -0.2) is 9.97 Å². The van der Waals surface area contributed by atoms with Crippen LogP contribution in [0.15, 0.2) is 36.7 Å². The Morgan fingerprint density at radius 3 is 3.06 bits per heavy atom. The van der Waals surface area contributed by atoms with Crippen LogP contribution in [0.1, 0.15) is 24.4 Å². The van der Waals surface area contributed by atoms with Gasteiger partial charge in [0.15, 0.2) is 0 Å². The number of nitrogens with zero attached hydrogens (tertiary/aromatic N) is 1. The minimum atomic E-state index is -0.204. The molecule has 1 heterocycles. The van der Waals surface area contributed by atoms with Gasteiger partial charge in [-0.3, -0.25) is 0 Å². The molecule has 3 nitrogen and oxygen atoms in total. The van der Waals surface area contributed by atoms with Crippen LogP contribution in [0.5, 0.6) is 0 Å². The Morgan fingerprint density at radius 1 is 1.50 bits per heavy atom. The van der Waals surface area contributed by atoms with Gasteiger partial charge in [0, 0.05) is 18.4 Å². The monoisotopic (exact) mass is 219 g/mol. The van der Waals surface area contributed by atoms with Crippen LogP contribution >= 0.6 is 0 Å². The number of imidazole rings is 1. The van der Waals surface area contributed by atoms with Crippen LogP contribution in [0.3, 0.4) is 0 Å². The summed E-state index contributed by atoms with van der Waals surface area (Å²) in [6.45, 7) is 2.64. The zero-order valence-electron chi connectivity index (χ0n) is 9.07.